The van der Waals surface area contributed by atoms with Crippen LogP contribution in [-0.4, -0.2) is 17.6 Å². The second-order valence-electron chi connectivity index (χ2n) is 3.59. The number of hydrogen-bond acceptors (Lipinski definition) is 3. The van der Waals surface area contributed by atoms with Crippen LogP contribution in [0.4, 0.5) is 0 Å². The van der Waals surface area contributed by atoms with Gasteiger partial charge in [0.05, 0.1) is 5.60 Å². The third kappa shape index (κ3) is 2.26. The van der Waals surface area contributed by atoms with E-state index < -0.39 is 0 Å². The molecule has 1 aliphatic heterocycles. The second-order valence-corrected chi connectivity index (χ2v) is 4.40. The first-order valence-electron chi connectivity index (χ1n) is 5.03. The molecule has 13 heavy (non-hydrogen) atoms. The minimum absolute atomic E-state index is 0.167. The summed E-state index contributed by atoms with van der Waals surface area (Å²) in [5.41, 5.74) is -0.167. The number of rotatable bonds is 4. The molecule has 0 bridgehead atoms. The molecule has 1 rings (SSSR count). The molecule has 0 N–H and O–H groups in total. The lowest BCUT2D eigenvalue weighted by atomic mass is 9.79. The van der Waals surface area contributed by atoms with Crippen LogP contribution >= 0.6 is 12.0 Å². The molecule has 0 spiro atoms. The first-order chi connectivity index (χ1) is 6.29. The molecule has 2 unspecified atom stereocenters. The van der Waals surface area contributed by atoms with E-state index in [-0.39, 0.29) is 5.60 Å². The summed E-state index contributed by atoms with van der Waals surface area (Å²) in [6, 6.07) is 0. The Morgan fingerprint density at radius 2 is 2.38 bits per heavy atom. The van der Waals surface area contributed by atoms with E-state index in [2.05, 4.69) is 13.8 Å². The molecule has 2 atom stereocenters. The third-order valence-electron chi connectivity index (χ3n) is 3.04. The summed E-state index contributed by atoms with van der Waals surface area (Å²) in [6.07, 6.45) is 4.79. The summed E-state index contributed by atoms with van der Waals surface area (Å²) in [5.74, 6) is 1.63. The summed E-state index contributed by atoms with van der Waals surface area (Å²) in [4.78, 5) is 10.6. The fourth-order valence-corrected chi connectivity index (χ4v) is 3.11. The molecule has 0 aromatic carbocycles. The third-order valence-corrected chi connectivity index (χ3v) is 3.89. The molecule has 0 aromatic heterocycles. The summed E-state index contributed by atoms with van der Waals surface area (Å²) in [5, 5.41) is 0. The van der Waals surface area contributed by atoms with Crippen LogP contribution in [0.1, 0.15) is 39.5 Å². The average Bonchev–Trinajstić information content (AvgIpc) is 2.19. The highest BCUT2D eigenvalue weighted by molar-refractivity contribution is 7.94. The fourth-order valence-electron chi connectivity index (χ4n) is 2.09. The van der Waals surface area contributed by atoms with Crippen LogP contribution in [0.2, 0.25) is 0 Å². The van der Waals surface area contributed by atoms with Gasteiger partial charge in [0, 0.05) is 12.2 Å². The van der Waals surface area contributed by atoms with Crippen molar-refractivity contribution in [1.82, 2.24) is 0 Å². The van der Waals surface area contributed by atoms with Crippen LogP contribution in [0.3, 0.4) is 0 Å². The SMILES string of the molecule is CCC1CCSOC1(CC)CC=O. The van der Waals surface area contributed by atoms with Crippen molar-refractivity contribution in [2.45, 2.75) is 45.1 Å². The molecule has 0 aliphatic carbocycles. The molecule has 1 heterocycles. The quantitative estimate of drug-likeness (QED) is 0.518. The summed E-state index contributed by atoms with van der Waals surface area (Å²) in [7, 11) is 0. The molecule has 1 aliphatic rings. The maximum Gasteiger partial charge on any atom is 0.122 e. The van der Waals surface area contributed by atoms with Crippen molar-refractivity contribution in [2.24, 2.45) is 5.92 Å². The Morgan fingerprint density at radius 3 is 2.92 bits per heavy atom. The van der Waals surface area contributed by atoms with Crippen molar-refractivity contribution in [3.8, 4) is 0 Å². The first-order valence-corrected chi connectivity index (χ1v) is 5.94. The standard InChI is InChI=1S/C10H18O2S/c1-3-9-5-8-13-12-10(9,4-2)6-7-11/h7,9H,3-6,8H2,1-2H3. The Labute approximate surface area is 84.6 Å². The zero-order valence-corrected chi connectivity index (χ0v) is 9.23. The predicted molar refractivity (Wildman–Crippen MR) is 55.6 cm³/mol. The molecule has 2 nitrogen and oxygen atoms in total. The van der Waals surface area contributed by atoms with Gasteiger partial charge in [-0.15, -0.1) is 0 Å². The lowest BCUT2D eigenvalue weighted by Gasteiger charge is -2.41. The molecule has 76 valence electrons. The fraction of sp³-hybridized carbons (Fsp3) is 0.900. The molecule has 1 saturated heterocycles. The summed E-state index contributed by atoms with van der Waals surface area (Å²) < 4.78 is 5.74. The van der Waals surface area contributed by atoms with Crippen LogP contribution in [0.5, 0.6) is 0 Å². The lowest BCUT2D eigenvalue weighted by Crippen LogP contribution is -2.41. The number of carbonyl (C=O) groups excluding carboxylic acids is 1. The van der Waals surface area contributed by atoms with Gasteiger partial charge >= 0.3 is 0 Å². The summed E-state index contributed by atoms with van der Waals surface area (Å²) >= 11 is 1.53. The molecule has 0 radical (unpaired) electrons. The van der Waals surface area contributed by atoms with Gasteiger partial charge in [0.2, 0.25) is 0 Å². The minimum atomic E-state index is -0.167. The summed E-state index contributed by atoms with van der Waals surface area (Å²) in [6.45, 7) is 4.29. The van der Waals surface area contributed by atoms with Crippen molar-refractivity contribution in [3.05, 3.63) is 0 Å². The van der Waals surface area contributed by atoms with Crippen LogP contribution < -0.4 is 0 Å². The highest BCUT2D eigenvalue weighted by Crippen LogP contribution is 2.41. The van der Waals surface area contributed by atoms with Gasteiger partial charge in [-0.1, -0.05) is 20.3 Å². The van der Waals surface area contributed by atoms with E-state index in [4.69, 9.17) is 4.18 Å². The van der Waals surface area contributed by atoms with Crippen molar-refractivity contribution in [2.75, 3.05) is 5.75 Å². The van der Waals surface area contributed by atoms with Gasteiger partial charge in [-0.05, 0) is 30.8 Å². The van der Waals surface area contributed by atoms with Gasteiger partial charge < -0.3 is 8.98 Å². The van der Waals surface area contributed by atoms with Gasteiger partial charge in [-0.2, -0.15) is 0 Å². The van der Waals surface area contributed by atoms with Crippen molar-refractivity contribution in [1.29, 1.82) is 0 Å². The van der Waals surface area contributed by atoms with Gasteiger partial charge in [0.25, 0.3) is 0 Å². The zero-order valence-electron chi connectivity index (χ0n) is 8.41. The first kappa shape index (κ1) is 11.1. The molecule has 0 saturated carbocycles. The van der Waals surface area contributed by atoms with Crippen molar-refractivity contribution >= 4 is 18.3 Å². The average molecular weight is 202 g/mol. The van der Waals surface area contributed by atoms with E-state index in [0.29, 0.717) is 12.3 Å². The Hall–Kier alpha value is -0.0200. The maximum absolute atomic E-state index is 10.6. The molecular formula is C10H18O2S. The van der Waals surface area contributed by atoms with Crippen LogP contribution in [0.25, 0.3) is 0 Å². The Balaban J connectivity index is 2.71. The van der Waals surface area contributed by atoms with Crippen molar-refractivity contribution in [3.63, 3.8) is 0 Å². The van der Waals surface area contributed by atoms with E-state index in [1.54, 1.807) is 0 Å². The van der Waals surface area contributed by atoms with Crippen molar-refractivity contribution < 1.29 is 8.98 Å². The highest BCUT2D eigenvalue weighted by Gasteiger charge is 2.40. The molecular weight excluding hydrogens is 184 g/mol. The van der Waals surface area contributed by atoms with Gasteiger partial charge in [0.1, 0.15) is 6.29 Å². The monoisotopic (exact) mass is 202 g/mol. The highest BCUT2D eigenvalue weighted by atomic mass is 32.2. The van der Waals surface area contributed by atoms with E-state index in [1.807, 2.05) is 0 Å². The van der Waals surface area contributed by atoms with Gasteiger partial charge in [-0.3, -0.25) is 0 Å². The van der Waals surface area contributed by atoms with E-state index >= 15 is 0 Å². The topological polar surface area (TPSA) is 26.3 Å². The molecule has 0 aromatic rings. The Bertz CT molecular complexity index is 172. The van der Waals surface area contributed by atoms with Crippen LogP contribution in [0.15, 0.2) is 0 Å². The minimum Gasteiger partial charge on any atom is -0.308 e. The Kier molecular flexibility index (Phi) is 4.26. The second kappa shape index (κ2) is 5.01. The largest absolute Gasteiger partial charge is 0.308 e. The van der Waals surface area contributed by atoms with Gasteiger partial charge in [0.15, 0.2) is 0 Å². The molecule has 3 heteroatoms. The van der Waals surface area contributed by atoms with E-state index in [9.17, 15) is 4.79 Å². The maximum atomic E-state index is 10.6. The number of hydrogen-bond donors (Lipinski definition) is 0. The normalized spacial score (nSPS) is 34.5. The van der Waals surface area contributed by atoms with E-state index in [1.165, 1.54) is 18.5 Å². The zero-order chi connectivity index (χ0) is 9.73. The van der Waals surface area contributed by atoms with E-state index in [0.717, 1.165) is 24.9 Å². The Morgan fingerprint density at radius 1 is 1.62 bits per heavy atom. The predicted octanol–water partition coefficient (Wildman–Crippen LogP) is 2.82. The molecule has 1 fully saturated rings. The lowest BCUT2D eigenvalue weighted by molar-refractivity contribution is -0.113. The van der Waals surface area contributed by atoms with Crippen LogP contribution in [0, 0.1) is 5.92 Å². The van der Waals surface area contributed by atoms with Crippen LogP contribution in [-0.2, 0) is 8.98 Å². The van der Waals surface area contributed by atoms with Gasteiger partial charge in [-0.25, -0.2) is 0 Å². The number of carbonyl (C=O) groups is 1. The molecule has 0 amide bonds. The number of aldehydes is 1. The smallest absolute Gasteiger partial charge is 0.122 e.